The zero-order valence-electron chi connectivity index (χ0n) is 19.8. The number of hydrogen-bond acceptors (Lipinski definition) is 4. The molecule has 1 saturated carbocycles. The lowest BCUT2D eigenvalue weighted by atomic mass is 9.75. The summed E-state index contributed by atoms with van der Waals surface area (Å²) in [6.45, 7) is 9.05. The number of fused-ring (bicyclic) bond motifs is 3. The van der Waals surface area contributed by atoms with Gasteiger partial charge in [-0.2, -0.15) is 5.43 Å². The van der Waals surface area contributed by atoms with Crippen LogP contribution in [0.5, 0.6) is 0 Å². The second kappa shape index (κ2) is 9.50. The highest BCUT2D eigenvalue weighted by molar-refractivity contribution is 6.30. The van der Waals surface area contributed by atoms with Gasteiger partial charge in [-0.25, -0.2) is 4.79 Å². The van der Waals surface area contributed by atoms with Gasteiger partial charge in [0.1, 0.15) is 0 Å². The van der Waals surface area contributed by atoms with Gasteiger partial charge in [-0.1, -0.05) is 37.6 Å². The van der Waals surface area contributed by atoms with Gasteiger partial charge in [-0.3, -0.25) is 19.5 Å². The molecule has 2 heterocycles. The fraction of sp³-hybridized carbons (Fsp3) is 0.625. The maximum Gasteiger partial charge on any atom is 0.337 e. The van der Waals surface area contributed by atoms with Gasteiger partial charge in [0.25, 0.3) is 0 Å². The average Bonchev–Trinajstić information content (AvgIpc) is 3.08. The lowest BCUT2D eigenvalue weighted by Gasteiger charge is -2.51. The van der Waals surface area contributed by atoms with Crippen LogP contribution < -0.4 is 10.7 Å². The molecule has 33 heavy (non-hydrogen) atoms. The van der Waals surface area contributed by atoms with Gasteiger partial charge >= 0.3 is 6.03 Å². The van der Waals surface area contributed by atoms with E-state index in [1.54, 1.807) is 26.9 Å². The van der Waals surface area contributed by atoms with Crippen molar-refractivity contribution in [1.29, 1.82) is 0 Å². The molecule has 3 fully saturated rings. The minimum Gasteiger partial charge on any atom is -0.356 e. The molecule has 4 atom stereocenters. The lowest BCUT2D eigenvalue weighted by molar-refractivity contribution is -0.162. The number of nitrogens with zero attached hydrogens (tertiary/aromatic N) is 3. The van der Waals surface area contributed by atoms with E-state index in [9.17, 15) is 14.4 Å². The number of carbonyl (C=O) groups is 3. The van der Waals surface area contributed by atoms with E-state index < -0.39 is 6.29 Å². The van der Waals surface area contributed by atoms with Gasteiger partial charge in [-0.15, -0.1) is 0 Å². The van der Waals surface area contributed by atoms with Crippen LogP contribution in [0.3, 0.4) is 0 Å². The second-order valence-corrected chi connectivity index (χ2v) is 10.5. The first-order chi connectivity index (χ1) is 15.7. The highest BCUT2D eigenvalue weighted by Crippen LogP contribution is 2.41. The van der Waals surface area contributed by atoms with Crippen molar-refractivity contribution < 1.29 is 14.4 Å². The SMILES string of the molecule is CC(C)CNC(=O)C1CCC2C(=O)N(C(C)C)C3NN(Cc4ccc(Cl)cc4)C(=O)N3C2C1. The highest BCUT2D eigenvalue weighted by Gasteiger charge is 2.56. The third kappa shape index (κ3) is 4.68. The Morgan fingerprint density at radius 3 is 2.48 bits per heavy atom. The Balaban J connectivity index is 1.56. The molecule has 4 rings (SSSR count). The predicted molar refractivity (Wildman–Crippen MR) is 126 cm³/mol. The number of nitrogens with one attached hydrogen (secondary N) is 2. The molecule has 1 aromatic carbocycles. The van der Waals surface area contributed by atoms with Crippen molar-refractivity contribution in [2.24, 2.45) is 17.8 Å². The van der Waals surface area contributed by atoms with Crippen molar-refractivity contribution in [2.45, 2.75) is 71.9 Å². The van der Waals surface area contributed by atoms with E-state index in [-0.39, 0.29) is 41.8 Å². The molecule has 0 aromatic heterocycles. The Morgan fingerprint density at radius 1 is 1.15 bits per heavy atom. The fourth-order valence-corrected chi connectivity index (χ4v) is 5.31. The zero-order chi connectivity index (χ0) is 23.9. The van der Waals surface area contributed by atoms with E-state index >= 15 is 0 Å². The molecular formula is C24H34ClN5O3. The molecule has 2 saturated heterocycles. The molecule has 0 spiro atoms. The summed E-state index contributed by atoms with van der Waals surface area (Å²) >= 11 is 6.00. The summed E-state index contributed by atoms with van der Waals surface area (Å²) in [6, 6.07) is 6.85. The van der Waals surface area contributed by atoms with Crippen LogP contribution in [0.2, 0.25) is 5.02 Å². The van der Waals surface area contributed by atoms with Crippen LogP contribution in [0.4, 0.5) is 4.79 Å². The molecule has 0 bridgehead atoms. The topological polar surface area (TPSA) is 85.0 Å². The molecule has 8 nitrogen and oxygen atoms in total. The summed E-state index contributed by atoms with van der Waals surface area (Å²) in [6.07, 6.45) is 1.23. The Kier molecular flexibility index (Phi) is 6.86. The minimum atomic E-state index is -0.545. The first kappa shape index (κ1) is 23.8. The van der Waals surface area contributed by atoms with E-state index in [4.69, 9.17) is 11.6 Å². The largest absolute Gasteiger partial charge is 0.356 e. The molecule has 2 N–H and O–H groups in total. The van der Waals surface area contributed by atoms with Crippen molar-refractivity contribution in [2.75, 3.05) is 6.54 Å². The molecular weight excluding hydrogens is 442 g/mol. The van der Waals surface area contributed by atoms with Crippen molar-refractivity contribution in [1.82, 2.24) is 25.6 Å². The molecule has 3 aliphatic rings. The molecule has 9 heteroatoms. The zero-order valence-corrected chi connectivity index (χ0v) is 20.5. The Hall–Kier alpha value is -2.32. The van der Waals surface area contributed by atoms with Crippen molar-refractivity contribution in [3.8, 4) is 0 Å². The van der Waals surface area contributed by atoms with E-state index in [0.29, 0.717) is 43.3 Å². The number of carbonyl (C=O) groups excluding carboxylic acids is 3. The van der Waals surface area contributed by atoms with Gasteiger partial charge in [0.15, 0.2) is 6.29 Å². The van der Waals surface area contributed by atoms with Crippen LogP contribution >= 0.6 is 11.6 Å². The maximum atomic E-state index is 13.6. The van der Waals surface area contributed by atoms with Gasteiger partial charge in [-0.05, 0) is 56.7 Å². The average molecular weight is 476 g/mol. The number of urea groups is 1. The van der Waals surface area contributed by atoms with Crippen LogP contribution in [0.25, 0.3) is 0 Å². The second-order valence-electron chi connectivity index (χ2n) is 10.1. The van der Waals surface area contributed by atoms with Gasteiger partial charge in [0, 0.05) is 29.6 Å². The Labute approximate surface area is 200 Å². The quantitative estimate of drug-likeness (QED) is 0.661. The first-order valence-corrected chi connectivity index (χ1v) is 12.3. The lowest BCUT2D eigenvalue weighted by Crippen LogP contribution is -2.68. The molecule has 1 aliphatic carbocycles. The standard InChI is InChI=1S/C24H34ClN5O3/c1-14(2)12-26-21(31)17-7-10-19-20(11-17)30-23(29(15(3)4)22(19)32)27-28(24(30)33)13-16-5-8-18(25)9-6-16/h5-6,8-9,14-15,17,19-20,23,27H,7,10-13H2,1-4H3,(H,26,31). The monoisotopic (exact) mass is 475 g/mol. The molecule has 4 unspecified atom stereocenters. The van der Waals surface area contributed by atoms with Crippen LogP contribution in [0.1, 0.15) is 52.5 Å². The summed E-state index contributed by atoms with van der Waals surface area (Å²) in [5.41, 5.74) is 4.20. The minimum absolute atomic E-state index is 0.0232. The van der Waals surface area contributed by atoms with Gasteiger partial charge in [0.05, 0.1) is 12.5 Å². The van der Waals surface area contributed by atoms with Crippen molar-refractivity contribution >= 4 is 29.4 Å². The third-order valence-electron chi connectivity index (χ3n) is 6.86. The van der Waals surface area contributed by atoms with Crippen molar-refractivity contribution in [3.05, 3.63) is 34.9 Å². The summed E-state index contributed by atoms with van der Waals surface area (Å²) in [5, 5.41) is 5.24. The maximum absolute atomic E-state index is 13.6. The van der Waals surface area contributed by atoms with Crippen LogP contribution in [0.15, 0.2) is 24.3 Å². The molecule has 0 radical (unpaired) electrons. The van der Waals surface area contributed by atoms with E-state index in [1.807, 2.05) is 26.0 Å². The first-order valence-electron chi connectivity index (χ1n) is 11.9. The summed E-state index contributed by atoms with van der Waals surface area (Å²) < 4.78 is 0. The predicted octanol–water partition coefficient (Wildman–Crippen LogP) is 3.17. The molecule has 1 aromatic rings. The fourth-order valence-electron chi connectivity index (χ4n) is 5.18. The summed E-state index contributed by atoms with van der Waals surface area (Å²) in [5.74, 6) is -0.0153. The number of rotatable bonds is 6. The molecule has 180 valence electrons. The highest BCUT2D eigenvalue weighted by atomic mass is 35.5. The van der Waals surface area contributed by atoms with Crippen LogP contribution in [-0.2, 0) is 16.1 Å². The summed E-state index contributed by atoms with van der Waals surface area (Å²) in [7, 11) is 0. The Morgan fingerprint density at radius 2 is 1.85 bits per heavy atom. The molecule has 4 amide bonds. The van der Waals surface area contributed by atoms with Crippen LogP contribution in [-0.4, -0.2) is 57.6 Å². The number of halogens is 1. The summed E-state index contributed by atoms with van der Waals surface area (Å²) in [4.78, 5) is 43.4. The smallest absolute Gasteiger partial charge is 0.337 e. The number of amides is 4. The van der Waals surface area contributed by atoms with Gasteiger partial charge < -0.3 is 10.2 Å². The van der Waals surface area contributed by atoms with Gasteiger partial charge in [0.2, 0.25) is 11.8 Å². The normalized spacial score (nSPS) is 27.3. The van der Waals surface area contributed by atoms with Crippen molar-refractivity contribution in [3.63, 3.8) is 0 Å². The van der Waals surface area contributed by atoms with E-state index in [0.717, 1.165) is 5.56 Å². The van der Waals surface area contributed by atoms with E-state index in [1.165, 1.54) is 0 Å². The van der Waals surface area contributed by atoms with Crippen LogP contribution in [0, 0.1) is 17.8 Å². The number of hydrazine groups is 1. The molecule has 2 aliphatic heterocycles. The number of hydrogen-bond donors (Lipinski definition) is 2. The number of benzene rings is 1. The van der Waals surface area contributed by atoms with E-state index in [2.05, 4.69) is 24.6 Å². The third-order valence-corrected chi connectivity index (χ3v) is 7.11. The Bertz CT molecular complexity index is 906.